The maximum Gasteiger partial charge on any atom is 0.0876 e. The number of hydrogen-bond acceptors (Lipinski definition) is 2. The lowest BCUT2D eigenvalue weighted by molar-refractivity contribution is 1.09. The van der Waals surface area contributed by atoms with Crippen molar-refractivity contribution in [3.05, 3.63) is 191 Å². The van der Waals surface area contributed by atoms with E-state index in [1.54, 1.807) is 0 Å². The fraction of sp³-hybridized carbons (Fsp3) is 0. The molecule has 4 heteroatoms. The molecule has 0 bridgehead atoms. The smallest absolute Gasteiger partial charge is 0.0876 e. The molecule has 4 heterocycles. The first-order valence-corrected chi connectivity index (χ1v) is 14.3. The quantitative estimate of drug-likeness (QED) is 0.200. The van der Waals surface area contributed by atoms with E-state index in [4.69, 9.17) is 0 Å². The molecule has 3 aromatic carbocycles. The number of aliphatic imine (C=N–C) groups is 2. The van der Waals surface area contributed by atoms with Gasteiger partial charge >= 0.3 is 0 Å². The molecule has 7 rings (SSSR count). The molecule has 2 aromatic heterocycles. The minimum absolute atomic E-state index is 0.921. The monoisotopic (exact) mass is 562 g/mol. The van der Waals surface area contributed by atoms with Crippen LogP contribution in [0.4, 0.5) is 0 Å². The number of aromatic nitrogens is 2. The molecule has 0 saturated carbocycles. The highest BCUT2D eigenvalue weighted by molar-refractivity contribution is 5.84. The van der Waals surface area contributed by atoms with Gasteiger partial charge < -0.3 is 9.13 Å². The highest BCUT2D eigenvalue weighted by Crippen LogP contribution is 2.26. The number of rotatable bonds is 4. The van der Waals surface area contributed by atoms with Crippen molar-refractivity contribution in [1.29, 1.82) is 0 Å². The predicted octanol–water partition coefficient (Wildman–Crippen LogP) is 7.80. The van der Waals surface area contributed by atoms with Crippen LogP contribution in [0.15, 0.2) is 168 Å². The van der Waals surface area contributed by atoms with Crippen molar-refractivity contribution in [2.75, 3.05) is 0 Å². The molecule has 0 N–H and O–H groups in total. The molecule has 4 nitrogen and oxygen atoms in total. The zero-order chi connectivity index (χ0) is 29.6. The number of allylic oxidation sites excluding steroid dienone is 4. The number of nitrogens with zero attached hydrogens (tertiary/aromatic N) is 4. The zero-order valence-corrected chi connectivity index (χ0v) is 23.8. The highest BCUT2D eigenvalue weighted by Gasteiger charge is 2.12. The Bertz CT molecular complexity index is 1940. The summed E-state index contributed by atoms with van der Waals surface area (Å²) in [4.78, 5) is 9.04. The summed E-state index contributed by atoms with van der Waals surface area (Å²) in [5.41, 5.74) is 9.84. The van der Waals surface area contributed by atoms with Crippen LogP contribution in [0.2, 0.25) is 0 Å². The molecule has 0 fully saturated rings. The third-order valence-electron chi connectivity index (χ3n) is 7.20. The van der Waals surface area contributed by atoms with Crippen LogP contribution in [0.3, 0.4) is 0 Å². The molecule has 44 heavy (non-hydrogen) atoms. The van der Waals surface area contributed by atoms with Crippen molar-refractivity contribution in [3.63, 3.8) is 0 Å². The Labute approximate surface area is 257 Å². The summed E-state index contributed by atoms with van der Waals surface area (Å²) in [6.45, 7) is 0. The Morgan fingerprint density at radius 2 is 0.864 bits per heavy atom. The summed E-state index contributed by atoms with van der Waals surface area (Å²) in [6.07, 6.45) is 19.7. The van der Waals surface area contributed by atoms with Gasteiger partial charge in [-0.1, -0.05) is 54.0 Å². The molecule has 0 unspecified atom stereocenters. The van der Waals surface area contributed by atoms with Gasteiger partial charge in [0, 0.05) is 70.6 Å². The Kier molecular flexibility index (Phi) is 7.39. The van der Waals surface area contributed by atoms with Crippen LogP contribution >= 0.6 is 0 Å². The molecule has 0 aliphatic carbocycles. The van der Waals surface area contributed by atoms with Crippen molar-refractivity contribution >= 4 is 23.8 Å². The lowest BCUT2D eigenvalue weighted by Crippen LogP contribution is -1.98. The molecule has 0 amide bonds. The SMILES string of the molecule is C(#Cc1cccc(C#Cc2ccc(/C(=C3/C=CC=N3)n3cccc3)cc2)c1)c1ccc(/C(=C2/C=CC=N2)n2cccc2)cc1. The minimum atomic E-state index is 0.921. The van der Waals surface area contributed by atoms with E-state index < -0.39 is 0 Å². The Morgan fingerprint density at radius 3 is 1.25 bits per heavy atom. The van der Waals surface area contributed by atoms with E-state index in [2.05, 4.69) is 91.3 Å². The first kappa shape index (κ1) is 26.5. The standard InChI is InChI=1S/C40H26N4/c1-2-27-43(26-1)39(37-10-6-24-41-37)35-20-16-31(17-21-35)12-14-33-8-5-9-34(30-33)15-13-32-18-22-36(23-19-32)40(38-11-7-25-42-38)44-28-3-4-29-44/h1-11,16-30H/b39-37+,40-38+. The van der Waals surface area contributed by atoms with E-state index in [1.165, 1.54) is 0 Å². The maximum absolute atomic E-state index is 4.52. The van der Waals surface area contributed by atoms with Crippen LogP contribution in [-0.2, 0) is 0 Å². The molecule has 2 aliphatic heterocycles. The summed E-state index contributed by atoms with van der Waals surface area (Å²) in [5.74, 6) is 13.2. The Morgan fingerprint density at radius 1 is 0.455 bits per heavy atom. The van der Waals surface area contributed by atoms with Crippen molar-refractivity contribution in [2.24, 2.45) is 9.98 Å². The van der Waals surface area contributed by atoms with E-state index in [1.807, 2.05) is 110 Å². The summed E-state index contributed by atoms with van der Waals surface area (Å²) in [7, 11) is 0. The predicted molar refractivity (Wildman–Crippen MR) is 180 cm³/mol. The highest BCUT2D eigenvalue weighted by atomic mass is 15.0. The third-order valence-corrected chi connectivity index (χ3v) is 7.20. The van der Waals surface area contributed by atoms with Crippen LogP contribution < -0.4 is 0 Å². The largest absolute Gasteiger partial charge is 0.321 e. The molecule has 206 valence electrons. The van der Waals surface area contributed by atoms with Crippen LogP contribution in [0, 0.1) is 23.7 Å². The Hall–Kier alpha value is -6.36. The van der Waals surface area contributed by atoms with E-state index in [0.29, 0.717) is 0 Å². The average Bonchev–Trinajstić information content (AvgIpc) is 3.91. The van der Waals surface area contributed by atoms with Crippen molar-refractivity contribution in [1.82, 2.24) is 9.13 Å². The van der Waals surface area contributed by atoms with Crippen molar-refractivity contribution in [2.45, 2.75) is 0 Å². The van der Waals surface area contributed by atoms with E-state index in [9.17, 15) is 0 Å². The summed E-state index contributed by atoms with van der Waals surface area (Å²) >= 11 is 0. The van der Waals surface area contributed by atoms with Crippen LogP contribution in [-0.4, -0.2) is 21.6 Å². The lowest BCUT2D eigenvalue weighted by Gasteiger charge is -2.11. The molecule has 5 aromatic rings. The normalized spacial score (nSPS) is 15.1. The fourth-order valence-corrected chi connectivity index (χ4v) is 5.09. The van der Waals surface area contributed by atoms with E-state index in [-0.39, 0.29) is 0 Å². The second-order valence-electron chi connectivity index (χ2n) is 10.2. The van der Waals surface area contributed by atoms with Gasteiger partial charge in [0.25, 0.3) is 0 Å². The first-order chi connectivity index (χ1) is 21.8. The second kappa shape index (κ2) is 12.2. The molecular formula is C40H26N4. The van der Waals surface area contributed by atoms with Crippen LogP contribution in [0.1, 0.15) is 33.4 Å². The van der Waals surface area contributed by atoms with Gasteiger partial charge in [-0.2, -0.15) is 0 Å². The van der Waals surface area contributed by atoms with Crippen molar-refractivity contribution < 1.29 is 0 Å². The topological polar surface area (TPSA) is 34.6 Å². The minimum Gasteiger partial charge on any atom is -0.321 e. The molecule has 0 radical (unpaired) electrons. The number of hydrogen-bond donors (Lipinski definition) is 0. The molecule has 0 saturated heterocycles. The fourth-order valence-electron chi connectivity index (χ4n) is 5.09. The van der Waals surface area contributed by atoms with Gasteiger partial charge in [0.1, 0.15) is 0 Å². The third kappa shape index (κ3) is 5.83. The summed E-state index contributed by atoms with van der Waals surface area (Å²) in [5, 5.41) is 0. The lowest BCUT2D eigenvalue weighted by atomic mass is 10.1. The summed E-state index contributed by atoms with van der Waals surface area (Å²) < 4.78 is 4.18. The molecule has 0 atom stereocenters. The average molecular weight is 563 g/mol. The van der Waals surface area contributed by atoms with Gasteiger partial charge in [0.2, 0.25) is 0 Å². The molecular weight excluding hydrogens is 536 g/mol. The second-order valence-corrected chi connectivity index (χ2v) is 10.2. The zero-order valence-electron chi connectivity index (χ0n) is 23.8. The molecule has 0 spiro atoms. The van der Waals surface area contributed by atoms with Gasteiger partial charge in [-0.15, -0.1) is 0 Å². The van der Waals surface area contributed by atoms with Gasteiger partial charge in [-0.3, -0.25) is 9.98 Å². The first-order valence-electron chi connectivity index (χ1n) is 14.3. The molecule has 2 aliphatic rings. The van der Waals surface area contributed by atoms with Gasteiger partial charge in [0.15, 0.2) is 0 Å². The van der Waals surface area contributed by atoms with Crippen LogP contribution in [0.5, 0.6) is 0 Å². The van der Waals surface area contributed by atoms with E-state index >= 15 is 0 Å². The van der Waals surface area contributed by atoms with Crippen LogP contribution in [0.25, 0.3) is 11.4 Å². The van der Waals surface area contributed by atoms with Gasteiger partial charge in [0.05, 0.1) is 22.8 Å². The Balaban J connectivity index is 1.08. The van der Waals surface area contributed by atoms with Gasteiger partial charge in [-0.25, -0.2) is 0 Å². The van der Waals surface area contributed by atoms with Gasteiger partial charge in [-0.05, 0) is 91.0 Å². The maximum atomic E-state index is 4.52. The number of benzene rings is 3. The van der Waals surface area contributed by atoms with E-state index in [0.717, 1.165) is 56.2 Å². The van der Waals surface area contributed by atoms with Crippen molar-refractivity contribution in [3.8, 4) is 23.7 Å². The summed E-state index contributed by atoms with van der Waals surface area (Å²) in [6, 6.07) is 32.7.